The van der Waals surface area contributed by atoms with E-state index in [1.54, 1.807) is 30.0 Å². The van der Waals surface area contributed by atoms with Crippen LogP contribution < -0.4 is 16.4 Å². The Morgan fingerprint density at radius 3 is 2.79 bits per heavy atom. The van der Waals surface area contributed by atoms with Gasteiger partial charge in [-0.05, 0) is 49.9 Å². The number of amides is 1. The Morgan fingerprint density at radius 2 is 2.06 bits per heavy atom. The minimum absolute atomic E-state index is 0.127. The molecule has 4 N–H and O–H groups in total. The van der Waals surface area contributed by atoms with Gasteiger partial charge in [-0.25, -0.2) is 14.4 Å². The number of rotatable bonds is 7. The smallest absolute Gasteiger partial charge is 0.272 e. The van der Waals surface area contributed by atoms with Gasteiger partial charge in [0, 0.05) is 43.8 Å². The Balaban J connectivity index is 1.49. The topological polar surface area (TPSA) is 120 Å². The van der Waals surface area contributed by atoms with Crippen LogP contribution in [-0.4, -0.2) is 51.2 Å². The van der Waals surface area contributed by atoms with E-state index in [0.717, 1.165) is 37.2 Å². The van der Waals surface area contributed by atoms with Crippen LogP contribution >= 0.6 is 0 Å². The standard InChI is InChI=1S/C23H28FN7O2/c1-14-7-16(9-17(24)8-14)19(10-25)29-22(32)20-12-31(13-27-20)21-15(2)11-26-23(30-21)28-18-3-5-33-6-4-18/h7-9,11-13,18-19H,3-6,10,25H2,1-2H3,(H,29,32)(H,26,28,30). The highest BCUT2D eigenvalue weighted by molar-refractivity contribution is 5.92. The summed E-state index contributed by atoms with van der Waals surface area (Å²) in [6, 6.07) is 4.33. The molecule has 1 saturated heterocycles. The van der Waals surface area contributed by atoms with Crippen molar-refractivity contribution >= 4 is 11.9 Å². The minimum atomic E-state index is -0.534. The summed E-state index contributed by atoms with van der Waals surface area (Å²) in [4.78, 5) is 26.1. The number of imidazole rings is 1. The number of ether oxygens (including phenoxy) is 1. The second-order valence-corrected chi connectivity index (χ2v) is 8.22. The zero-order valence-electron chi connectivity index (χ0n) is 18.7. The van der Waals surface area contributed by atoms with Gasteiger partial charge in [0.15, 0.2) is 0 Å². The number of nitrogens with zero attached hydrogens (tertiary/aromatic N) is 4. The molecular formula is C23H28FN7O2. The number of nitrogens with two attached hydrogens (primary N) is 1. The fourth-order valence-electron chi connectivity index (χ4n) is 3.82. The van der Waals surface area contributed by atoms with Gasteiger partial charge in [0.05, 0.1) is 6.04 Å². The van der Waals surface area contributed by atoms with Gasteiger partial charge in [0.1, 0.15) is 23.7 Å². The summed E-state index contributed by atoms with van der Waals surface area (Å²) in [5.41, 5.74) is 8.26. The monoisotopic (exact) mass is 453 g/mol. The number of aryl methyl sites for hydroxylation is 2. The maximum absolute atomic E-state index is 13.8. The first-order chi connectivity index (χ1) is 15.9. The highest BCUT2D eigenvalue weighted by Gasteiger charge is 2.19. The Morgan fingerprint density at radius 1 is 1.27 bits per heavy atom. The van der Waals surface area contributed by atoms with Crippen LogP contribution in [-0.2, 0) is 4.74 Å². The van der Waals surface area contributed by atoms with E-state index in [4.69, 9.17) is 10.5 Å². The number of benzene rings is 1. The zero-order valence-corrected chi connectivity index (χ0v) is 18.7. The molecule has 1 atom stereocenters. The third-order valence-electron chi connectivity index (χ3n) is 5.57. The van der Waals surface area contributed by atoms with E-state index >= 15 is 0 Å². The van der Waals surface area contributed by atoms with Crippen molar-refractivity contribution in [3.05, 3.63) is 65.1 Å². The maximum Gasteiger partial charge on any atom is 0.272 e. The van der Waals surface area contributed by atoms with Gasteiger partial charge >= 0.3 is 0 Å². The first-order valence-electron chi connectivity index (χ1n) is 10.9. The molecule has 10 heteroatoms. The summed E-state index contributed by atoms with van der Waals surface area (Å²) in [7, 11) is 0. The van der Waals surface area contributed by atoms with Crippen molar-refractivity contribution in [2.75, 3.05) is 25.1 Å². The molecule has 3 heterocycles. The minimum Gasteiger partial charge on any atom is -0.381 e. The van der Waals surface area contributed by atoms with Crippen LogP contribution in [0.25, 0.3) is 5.82 Å². The average Bonchev–Trinajstić information content (AvgIpc) is 3.29. The van der Waals surface area contributed by atoms with Gasteiger partial charge in [0.2, 0.25) is 5.95 Å². The summed E-state index contributed by atoms with van der Waals surface area (Å²) in [5.74, 6) is 0.374. The van der Waals surface area contributed by atoms with Crippen LogP contribution in [0.15, 0.2) is 36.9 Å². The lowest BCUT2D eigenvalue weighted by Gasteiger charge is -2.23. The SMILES string of the molecule is Cc1cc(F)cc(C(CN)NC(=O)c2cn(-c3nc(NC4CCOCC4)ncc3C)cn2)c1. The summed E-state index contributed by atoms with van der Waals surface area (Å²) in [5, 5.41) is 6.18. The lowest BCUT2D eigenvalue weighted by molar-refractivity contribution is 0.0903. The Kier molecular flexibility index (Phi) is 6.95. The van der Waals surface area contributed by atoms with Gasteiger partial charge in [-0.3, -0.25) is 9.36 Å². The van der Waals surface area contributed by atoms with E-state index in [0.29, 0.717) is 17.3 Å². The van der Waals surface area contributed by atoms with Gasteiger partial charge in [-0.1, -0.05) is 6.07 Å². The molecule has 9 nitrogen and oxygen atoms in total. The van der Waals surface area contributed by atoms with Crippen molar-refractivity contribution in [3.8, 4) is 5.82 Å². The molecule has 0 aliphatic carbocycles. The largest absolute Gasteiger partial charge is 0.381 e. The molecule has 1 aliphatic heterocycles. The van der Waals surface area contributed by atoms with E-state index in [2.05, 4.69) is 25.6 Å². The predicted octanol–water partition coefficient (Wildman–Crippen LogP) is 2.44. The van der Waals surface area contributed by atoms with Gasteiger partial charge in [0.25, 0.3) is 5.91 Å². The first kappa shape index (κ1) is 22.8. The molecule has 1 amide bonds. The molecule has 3 aromatic rings. The van der Waals surface area contributed by atoms with Crippen molar-refractivity contribution < 1.29 is 13.9 Å². The van der Waals surface area contributed by atoms with Crippen LogP contribution in [0.3, 0.4) is 0 Å². The van der Waals surface area contributed by atoms with Gasteiger partial charge in [-0.2, -0.15) is 4.98 Å². The van der Waals surface area contributed by atoms with Crippen molar-refractivity contribution in [2.45, 2.75) is 38.8 Å². The zero-order chi connectivity index (χ0) is 23.4. The molecule has 1 fully saturated rings. The molecule has 2 aromatic heterocycles. The number of hydrogen-bond acceptors (Lipinski definition) is 7. The number of carbonyl (C=O) groups is 1. The Labute approximate surface area is 191 Å². The Hall–Kier alpha value is -3.37. The van der Waals surface area contributed by atoms with E-state index < -0.39 is 11.9 Å². The molecule has 0 bridgehead atoms. The van der Waals surface area contributed by atoms with E-state index in [1.807, 2.05) is 6.92 Å². The average molecular weight is 454 g/mol. The van der Waals surface area contributed by atoms with E-state index in [9.17, 15) is 9.18 Å². The number of nitrogens with one attached hydrogen (secondary N) is 2. The molecule has 4 rings (SSSR count). The molecule has 1 unspecified atom stereocenters. The predicted molar refractivity (Wildman–Crippen MR) is 122 cm³/mol. The lowest BCUT2D eigenvalue weighted by Crippen LogP contribution is -2.33. The summed E-state index contributed by atoms with van der Waals surface area (Å²) < 4.78 is 20.9. The summed E-state index contributed by atoms with van der Waals surface area (Å²) in [6.45, 7) is 5.25. The van der Waals surface area contributed by atoms with Crippen molar-refractivity contribution in [1.82, 2.24) is 24.8 Å². The number of hydrogen-bond donors (Lipinski definition) is 3. The number of anilines is 1. The maximum atomic E-state index is 13.8. The fourth-order valence-corrected chi connectivity index (χ4v) is 3.82. The number of carbonyl (C=O) groups excluding carboxylic acids is 1. The van der Waals surface area contributed by atoms with Crippen LogP contribution in [0.5, 0.6) is 0 Å². The number of aromatic nitrogens is 4. The molecule has 174 valence electrons. The molecule has 1 aliphatic rings. The van der Waals surface area contributed by atoms with E-state index in [-0.39, 0.29) is 24.1 Å². The van der Waals surface area contributed by atoms with Crippen molar-refractivity contribution in [1.29, 1.82) is 0 Å². The molecule has 0 spiro atoms. The molecule has 1 aromatic carbocycles. The van der Waals surface area contributed by atoms with Crippen molar-refractivity contribution in [3.63, 3.8) is 0 Å². The second-order valence-electron chi connectivity index (χ2n) is 8.22. The van der Waals surface area contributed by atoms with E-state index in [1.165, 1.54) is 18.5 Å². The van der Waals surface area contributed by atoms with Crippen LogP contribution in [0, 0.1) is 19.7 Å². The van der Waals surface area contributed by atoms with Crippen LogP contribution in [0.1, 0.15) is 46.1 Å². The van der Waals surface area contributed by atoms with Crippen LogP contribution in [0.4, 0.5) is 10.3 Å². The molecule has 0 saturated carbocycles. The summed E-state index contributed by atoms with van der Waals surface area (Å²) >= 11 is 0. The third kappa shape index (κ3) is 5.52. The number of halogens is 1. The van der Waals surface area contributed by atoms with Crippen molar-refractivity contribution in [2.24, 2.45) is 5.73 Å². The quantitative estimate of drug-likeness (QED) is 0.503. The molecule has 33 heavy (non-hydrogen) atoms. The fraction of sp³-hybridized carbons (Fsp3) is 0.391. The molecular weight excluding hydrogens is 425 g/mol. The highest BCUT2D eigenvalue weighted by atomic mass is 19.1. The second kappa shape index (κ2) is 10.1. The first-order valence-corrected chi connectivity index (χ1v) is 10.9. The Bertz CT molecular complexity index is 1110. The highest BCUT2D eigenvalue weighted by Crippen LogP contribution is 2.18. The normalized spacial score (nSPS) is 15.3. The van der Waals surface area contributed by atoms with Crippen LogP contribution in [0.2, 0.25) is 0 Å². The van der Waals surface area contributed by atoms with Gasteiger partial charge in [-0.15, -0.1) is 0 Å². The lowest BCUT2D eigenvalue weighted by atomic mass is 10.0. The summed E-state index contributed by atoms with van der Waals surface area (Å²) in [6.07, 6.45) is 6.67. The molecule has 0 radical (unpaired) electrons. The third-order valence-corrected chi connectivity index (χ3v) is 5.57. The van der Waals surface area contributed by atoms with Gasteiger partial charge < -0.3 is 21.1 Å².